The molecular weight excluding hydrogens is 783 g/mol. The molecule has 16 nitrogen and oxygen atoms in total. The van der Waals surface area contributed by atoms with Gasteiger partial charge in [-0.15, -0.1) is 0 Å². The van der Waals surface area contributed by atoms with Gasteiger partial charge in [-0.2, -0.15) is 5.10 Å². The molecule has 0 spiro atoms. The first kappa shape index (κ1) is 39.5. The van der Waals surface area contributed by atoms with Gasteiger partial charge in [0.15, 0.2) is 5.82 Å². The number of carbonyl (C=O) groups excluding carboxylic acids is 2. The van der Waals surface area contributed by atoms with E-state index in [-0.39, 0.29) is 59.7 Å². The number of carbonyl (C=O) groups is 2. The molecule has 1 atom stereocenters. The van der Waals surface area contributed by atoms with Crippen LogP contribution in [0.25, 0.3) is 39.4 Å². The van der Waals surface area contributed by atoms with Crippen LogP contribution in [0.2, 0.25) is 0 Å². The molecule has 3 aliphatic heterocycles. The number of phenolic OH excluding ortho intramolecular Hbond substituents is 3. The minimum absolute atomic E-state index is 0.0353. The fraction of sp³-hybridized carbons (Fsp3) is 0.333. The first-order chi connectivity index (χ1) is 29.3. The number of pyridine rings is 2. The van der Waals surface area contributed by atoms with E-state index in [2.05, 4.69) is 15.1 Å². The molecule has 1 fully saturated rings. The molecule has 0 radical (unpaired) electrons. The summed E-state index contributed by atoms with van der Waals surface area (Å²) < 4.78 is 14.7. The van der Waals surface area contributed by atoms with Crippen molar-refractivity contribution in [3.63, 3.8) is 0 Å². The van der Waals surface area contributed by atoms with E-state index in [1.165, 1.54) is 10.6 Å². The number of hydrogen-bond donors (Lipinski definition) is 4. The van der Waals surface area contributed by atoms with Crippen molar-refractivity contribution in [2.45, 2.75) is 71.8 Å². The molecule has 4 N–H and O–H groups in total. The molecule has 16 heteroatoms. The van der Waals surface area contributed by atoms with Crippen LogP contribution in [0.15, 0.2) is 70.3 Å². The van der Waals surface area contributed by atoms with Crippen molar-refractivity contribution in [3.8, 4) is 45.7 Å². The molecule has 314 valence electrons. The molecule has 0 saturated carbocycles. The number of rotatable bonds is 8. The van der Waals surface area contributed by atoms with Crippen molar-refractivity contribution in [1.29, 1.82) is 0 Å². The van der Waals surface area contributed by atoms with Gasteiger partial charge in [0.1, 0.15) is 23.9 Å². The Morgan fingerprint density at radius 2 is 1.69 bits per heavy atom. The summed E-state index contributed by atoms with van der Waals surface area (Å²) >= 11 is 0. The lowest BCUT2D eigenvalue weighted by atomic mass is 9.85. The van der Waals surface area contributed by atoms with E-state index < -0.39 is 23.4 Å². The number of fused-ring (bicyclic) bond motifs is 5. The van der Waals surface area contributed by atoms with E-state index >= 15 is 0 Å². The Labute approximate surface area is 349 Å². The molecule has 1 unspecified atom stereocenters. The molecule has 3 aromatic carbocycles. The number of benzene rings is 3. The third-order valence-corrected chi connectivity index (χ3v) is 12.3. The standard InChI is InChI=1S/C45H45N7O9/c1-5-28-30-17-27(53)11-12-35(30)46-39-32(28)22-51-36(39)19-34-33(41(51)56)23-60-42(57)45(34,6-2)61-44(59)50-15-13-49(14-16-50)21-25-7-9-26(10-8-25)52-40(47-48-43(52)58)31-18-29(24(3)4)37(54)20-38(31)55/h7-12,17-20,24,53-55H,5-6,13-16,21-23H2,1-4H3,(H,48,58). The van der Waals surface area contributed by atoms with E-state index in [9.17, 15) is 34.5 Å². The lowest BCUT2D eigenvalue weighted by molar-refractivity contribution is -0.173. The summed E-state index contributed by atoms with van der Waals surface area (Å²) in [7, 11) is 0. The molecule has 0 bridgehead atoms. The number of hydrogen-bond acceptors (Lipinski definition) is 12. The Bertz CT molecular complexity index is 2890. The molecule has 9 rings (SSSR count). The average Bonchev–Trinajstić information content (AvgIpc) is 3.81. The van der Waals surface area contributed by atoms with Gasteiger partial charge in [0.25, 0.3) is 5.56 Å². The van der Waals surface area contributed by atoms with Crippen LogP contribution in [-0.2, 0) is 46.0 Å². The minimum Gasteiger partial charge on any atom is -0.508 e. The van der Waals surface area contributed by atoms with Gasteiger partial charge in [-0.3, -0.25) is 9.69 Å². The highest BCUT2D eigenvalue weighted by Gasteiger charge is 2.51. The maximum atomic E-state index is 14.1. The van der Waals surface area contributed by atoms with Crippen LogP contribution in [0.3, 0.4) is 0 Å². The predicted molar refractivity (Wildman–Crippen MR) is 224 cm³/mol. The summed E-state index contributed by atoms with van der Waals surface area (Å²) in [4.78, 5) is 63.3. The first-order valence-electron chi connectivity index (χ1n) is 20.4. The number of cyclic esters (lactones) is 1. The molecule has 61 heavy (non-hydrogen) atoms. The number of aromatic amines is 1. The number of aromatic nitrogens is 5. The fourth-order valence-electron chi connectivity index (χ4n) is 8.97. The van der Waals surface area contributed by atoms with Gasteiger partial charge in [-0.25, -0.2) is 29.0 Å². The molecule has 3 aromatic heterocycles. The van der Waals surface area contributed by atoms with Crippen LogP contribution in [-0.4, -0.2) is 87.7 Å². The highest BCUT2D eigenvalue weighted by molar-refractivity contribution is 5.90. The number of nitrogens with one attached hydrogen (secondary N) is 1. The lowest BCUT2D eigenvalue weighted by Gasteiger charge is -2.39. The second kappa shape index (κ2) is 15.0. The topological polar surface area (TPSA) is 205 Å². The van der Waals surface area contributed by atoms with Crippen LogP contribution < -0.4 is 11.2 Å². The van der Waals surface area contributed by atoms with Crippen molar-refractivity contribution in [1.82, 2.24) is 34.1 Å². The average molecular weight is 828 g/mol. The van der Waals surface area contributed by atoms with Crippen LogP contribution >= 0.6 is 0 Å². The van der Waals surface area contributed by atoms with Gasteiger partial charge < -0.3 is 34.3 Å². The SMILES string of the molecule is CCc1c2c(nc3ccc(O)cc13)-c1cc3c(c(=O)n1C2)COC(=O)C3(CC)OC(=O)N1CCN(Cc2ccc(-n3c(-c4cc(C(C)C)c(O)cc4O)n[nH]c3=O)cc2)CC1. The van der Waals surface area contributed by atoms with Crippen molar-refractivity contribution < 1.29 is 34.4 Å². The van der Waals surface area contributed by atoms with Crippen molar-refractivity contribution in [2.75, 3.05) is 26.2 Å². The lowest BCUT2D eigenvalue weighted by Crippen LogP contribution is -2.53. The zero-order valence-corrected chi connectivity index (χ0v) is 34.2. The van der Waals surface area contributed by atoms with E-state index in [4.69, 9.17) is 14.5 Å². The van der Waals surface area contributed by atoms with E-state index in [0.29, 0.717) is 78.4 Å². The predicted octanol–water partition coefficient (Wildman–Crippen LogP) is 5.39. The molecule has 0 aliphatic carbocycles. The van der Waals surface area contributed by atoms with Gasteiger partial charge in [0.05, 0.1) is 40.3 Å². The minimum atomic E-state index is -1.84. The zero-order valence-electron chi connectivity index (χ0n) is 34.2. The van der Waals surface area contributed by atoms with Crippen molar-refractivity contribution in [3.05, 3.63) is 115 Å². The maximum absolute atomic E-state index is 14.1. The quantitative estimate of drug-likeness (QED) is 0.143. The van der Waals surface area contributed by atoms with E-state index in [1.54, 1.807) is 58.9 Å². The summed E-state index contributed by atoms with van der Waals surface area (Å²) in [5, 5.41) is 38.7. The van der Waals surface area contributed by atoms with Crippen molar-refractivity contribution >= 4 is 23.0 Å². The van der Waals surface area contributed by atoms with E-state index in [0.717, 1.165) is 22.1 Å². The number of aromatic hydroxyl groups is 3. The molecular formula is C45H45N7O9. The number of piperazine rings is 1. The monoisotopic (exact) mass is 827 g/mol. The molecule has 3 aliphatic rings. The van der Waals surface area contributed by atoms with Crippen LogP contribution in [0, 0.1) is 0 Å². The first-order valence-corrected chi connectivity index (χ1v) is 20.4. The molecule has 6 aromatic rings. The number of phenols is 3. The number of nitrogens with zero attached hydrogens (tertiary/aromatic N) is 6. The summed E-state index contributed by atoms with van der Waals surface area (Å²) in [6.45, 7) is 9.85. The van der Waals surface area contributed by atoms with Crippen LogP contribution in [0.5, 0.6) is 17.2 Å². The fourth-order valence-corrected chi connectivity index (χ4v) is 8.97. The highest BCUT2D eigenvalue weighted by Crippen LogP contribution is 2.43. The number of H-pyrrole nitrogens is 1. The van der Waals surface area contributed by atoms with Gasteiger partial charge in [-0.1, -0.05) is 39.8 Å². The summed E-state index contributed by atoms with van der Waals surface area (Å²) in [6.07, 6.45) is 0.00744. The Balaban J connectivity index is 0.911. The largest absolute Gasteiger partial charge is 0.508 e. The van der Waals surface area contributed by atoms with Gasteiger partial charge in [-0.05, 0) is 77.9 Å². The number of esters is 1. The number of ether oxygens (including phenoxy) is 2. The van der Waals surface area contributed by atoms with Crippen LogP contribution in [0.1, 0.15) is 73.4 Å². The summed E-state index contributed by atoms with van der Waals surface area (Å²) in [5.74, 6) is -0.687. The summed E-state index contributed by atoms with van der Waals surface area (Å²) in [6, 6.07) is 17.0. The smallest absolute Gasteiger partial charge is 0.411 e. The van der Waals surface area contributed by atoms with Gasteiger partial charge in [0.2, 0.25) is 5.60 Å². The Hall–Kier alpha value is -6.94. The number of amides is 1. The van der Waals surface area contributed by atoms with E-state index in [1.807, 2.05) is 32.9 Å². The Kier molecular flexibility index (Phi) is 9.69. The van der Waals surface area contributed by atoms with Crippen LogP contribution in [0.4, 0.5) is 4.79 Å². The molecule has 1 amide bonds. The highest BCUT2D eigenvalue weighted by atomic mass is 16.6. The third kappa shape index (κ3) is 6.48. The second-order valence-electron chi connectivity index (χ2n) is 16.1. The second-order valence-corrected chi connectivity index (χ2v) is 16.1. The Morgan fingerprint density at radius 3 is 2.39 bits per heavy atom. The van der Waals surface area contributed by atoms with Gasteiger partial charge >= 0.3 is 17.8 Å². The summed E-state index contributed by atoms with van der Waals surface area (Å²) in [5.41, 5.74) is 3.97. The molecule has 6 heterocycles. The maximum Gasteiger partial charge on any atom is 0.411 e. The zero-order chi connectivity index (χ0) is 42.9. The third-order valence-electron chi connectivity index (χ3n) is 12.3. The Morgan fingerprint density at radius 1 is 0.934 bits per heavy atom. The normalized spacial score (nSPS) is 17.3. The van der Waals surface area contributed by atoms with Gasteiger partial charge in [0, 0.05) is 55.3 Å². The molecule has 1 saturated heterocycles. The van der Waals surface area contributed by atoms with Crippen molar-refractivity contribution in [2.24, 2.45) is 0 Å². The number of aryl methyl sites for hydroxylation is 1.